The summed E-state index contributed by atoms with van der Waals surface area (Å²) in [6.45, 7) is 10.4. The van der Waals surface area contributed by atoms with Crippen LogP contribution in [0.2, 0.25) is 0 Å². The summed E-state index contributed by atoms with van der Waals surface area (Å²) in [6.07, 6.45) is 0.888. The Morgan fingerprint density at radius 2 is 1.78 bits per heavy atom. The molecule has 0 aromatic heterocycles. The van der Waals surface area contributed by atoms with Crippen molar-refractivity contribution in [2.45, 2.75) is 46.6 Å². The van der Waals surface area contributed by atoms with E-state index in [1.165, 1.54) is 4.90 Å². The van der Waals surface area contributed by atoms with Crippen molar-refractivity contribution in [1.29, 1.82) is 5.41 Å². The third-order valence-corrected chi connectivity index (χ3v) is 6.13. The standard InChI is InChI=1S/C28H38N4O4/c1-19(2)12-14-31(15-13-20(3)4)27(33)24-10-5-6-11-25(24)35-18-23-17-32(28(34)36-23)22-9-7-8-21(16-22)26(29)30/h5-11,16,19-20,23H,12-15,17-18H2,1-4H3,(H3,29,30). The number of nitrogens with one attached hydrogen (secondary N) is 1. The Bertz CT molecular complexity index is 1060. The number of nitrogen functional groups attached to an aromatic ring is 1. The minimum Gasteiger partial charge on any atom is -0.489 e. The number of nitrogens with two attached hydrogens (primary N) is 1. The first-order chi connectivity index (χ1) is 17.2. The second-order valence-corrected chi connectivity index (χ2v) is 10.0. The first-order valence-corrected chi connectivity index (χ1v) is 12.6. The zero-order valence-corrected chi connectivity index (χ0v) is 21.7. The summed E-state index contributed by atoms with van der Waals surface area (Å²) < 4.78 is 11.5. The summed E-state index contributed by atoms with van der Waals surface area (Å²) in [7, 11) is 0. The fourth-order valence-electron chi connectivity index (χ4n) is 3.93. The summed E-state index contributed by atoms with van der Waals surface area (Å²) >= 11 is 0. The molecule has 3 N–H and O–H groups in total. The van der Waals surface area contributed by atoms with Gasteiger partial charge in [0.15, 0.2) is 6.10 Å². The van der Waals surface area contributed by atoms with Crippen molar-refractivity contribution in [3.8, 4) is 5.75 Å². The van der Waals surface area contributed by atoms with E-state index in [-0.39, 0.29) is 18.3 Å². The zero-order chi connectivity index (χ0) is 26.2. The van der Waals surface area contributed by atoms with Crippen molar-refractivity contribution in [2.75, 3.05) is 31.1 Å². The lowest BCUT2D eigenvalue weighted by Gasteiger charge is -2.25. The van der Waals surface area contributed by atoms with Gasteiger partial charge < -0.3 is 20.1 Å². The first-order valence-electron chi connectivity index (χ1n) is 12.6. The maximum Gasteiger partial charge on any atom is 0.414 e. The molecule has 1 aliphatic heterocycles. The lowest BCUT2D eigenvalue weighted by Crippen LogP contribution is -2.34. The van der Waals surface area contributed by atoms with Gasteiger partial charge in [-0.05, 0) is 48.9 Å². The highest BCUT2D eigenvalue weighted by atomic mass is 16.6. The summed E-state index contributed by atoms with van der Waals surface area (Å²) in [5, 5.41) is 7.62. The molecule has 2 aromatic rings. The fraction of sp³-hybridized carbons (Fsp3) is 0.464. The lowest BCUT2D eigenvalue weighted by molar-refractivity contribution is 0.0728. The van der Waals surface area contributed by atoms with Gasteiger partial charge in [0.1, 0.15) is 18.2 Å². The van der Waals surface area contributed by atoms with Crippen LogP contribution in [0, 0.1) is 17.2 Å². The van der Waals surface area contributed by atoms with Crippen molar-refractivity contribution in [3.63, 3.8) is 0 Å². The molecule has 1 fully saturated rings. The highest BCUT2D eigenvalue weighted by Crippen LogP contribution is 2.25. The third kappa shape index (κ3) is 7.23. The maximum absolute atomic E-state index is 13.5. The van der Waals surface area contributed by atoms with Crippen molar-refractivity contribution in [3.05, 3.63) is 59.7 Å². The van der Waals surface area contributed by atoms with E-state index in [4.69, 9.17) is 20.6 Å². The number of rotatable bonds is 12. The highest BCUT2D eigenvalue weighted by molar-refractivity contribution is 5.98. The minimum absolute atomic E-state index is 0.0435. The van der Waals surface area contributed by atoms with E-state index in [9.17, 15) is 9.59 Å². The molecule has 2 amide bonds. The average molecular weight is 495 g/mol. The number of benzene rings is 2. The van der Waals surface area contributed by atoms with Crippen molar-refractivity contribution in [2.24, 2.45) is 17.6 Å². The summed E-state index contributed by atoms with van der Waals surface area (Å²) in [4.78, 5) is 29.4. The van der Waals surface area contributed by atoms with E-state index in [0.717, 1.165) is 12.8 Å². The molecule has 0 aliphatic carbocycles. The van der Waals surface area contributed by atoms with Gasteiger partial charge in [-0.25, -0.2) is 4.79 Å². The lowest BCUT2D eigenvalue weighted by atomic mass is 10.1. The number of nitrogens with zero attached hydrogens (tertiary/aromatic N) is 2. The van der Waals surface area contributed by atoms with Gasteiger partial charge in [0.25, 0.3) is 5.91 Å². The molecule has 8 nitrogen and oxygen atoms in total. The predicted molar refractivity (Wildman–Crippen MR) is 142 cm³/mol. The molecule has 0 spiro atoms. The van der Waals surface area contributed by atoms with Crippen LogP contribution in [0.4, 0.5) is 10.5 Å². The van der Waals surface area contributed by atoms with Crippen LogP contribution in [-0.4, -0.2) is 55.1 Å². The Morgan fingerprint density at radius 1 is 1.11 bits per heavy atom. The smallest absolute Gasteiger partial charge is 0.414 e. The fourth-order valence-corrected chi connectivity index (χ4v) is 3.93. The van der Waals surface area contributed by atoms with Crippen LogP contribution in [0.1, 0.15) is 56.5 Å². The largest absolute Gasteiger partial charge is 0.489 e. The van der Waals surface area contributed by atoms with Gasteiger partial charge in [0, 0.05) is 24.3 Å². The van der Waals surface area contributed by atoms with Crippen LogP contribution in [0.3, 0.4) is 0 Å². The SMILES string of the molecule is CC(C)CCN(CCC(C)C)C(=O)c1ccccc1OCC1CN(c2cccc(C(=N)N)c2)C(=O)O1. The van der Waals surface area contributed by atoms with Crippen LogP contribution in [0.5, 0.6) is 5.75 Å². The van der Waals surface area contributed by atoms with E-state index >= 15 is 0 Å². The van der Waals surface area contributed by atoms with Gasteiger partial charge >= 0.3 is 6.09 Å². The molecule has 3 rings (SSSR count). The van der Waals surface area contributed by atoms with Gasteiger partial charge in [0.05, 0.1) is 12.1 Å². The quantitative estimate of drug-likeness (QED) is 0.322. The molecular formula is C28H38N4O4. The number of anilines is 1. The van der Waals surface area contributed by atoms with Crippen LogP contribution in [0.25, 0.3) is 0 Å². The molecule has 0 bridgehead atoms. The van der Waals surface area contributed by atoms with Gasteiger partial charge in [-0.2, -0.15) is 0 Å². The number of carbonyl (C=O) groups excluding carboxylic acids is 2. The van der Waals surface area contributed by atoms with Crippen LogP contribution < -0.4 is 15.4 Å². The Kier molecular flexibility index (Phi) is 9.33. The Morgan fingerprint density at radius 3 is 2.42 bits per heavy atom. The maximum atomic E-state index is 13.5. The number of ether oxygens (including phenoxy) is 2. The average Bonchev–Trinajstić information content (AvgIpc) is 3.22. The molecule has 194 valence electrons. The van der Waals surface area contributed by atoms with E-state index in [0.29, 0.717) is 54.0 Å². The molecule has 1 atom stereocenters. The van der Waals surface area contributed by atoms with Gasteiger partial charge in [0.2, 0.25) is 0 Å². The molecule has 0 saturated carbocycles. The summed E-state index contributed by atoms with van der Waals surface area (Å²) in [6, 6.07) is 14.2. The zero-order valence-electron chi connectivity index (χ0n) is 21.7. The number of amides is 2. The van der Waals surface area contributed by atoms with Crippen LogP contribution in [0.15, 0.2) is 48.5 Å². The Balaban J connectivity index is 1.68. The van der Waals surface area contributed by atoms with E-state index < -0.39 is 12.2 Å². The normalized spacial score (nSPS) is 15.3. The van der Waals surface area contributed by atoms with Crippen molar-refractivity contribution >= 4 is 23.5 Å². The number of hydrogen-bond acceptors (Lipinski definition) is 5. The summed E-state index contributed by atoms with van der Waals surface area (Å²) in [5.74, 6) is 1.37. The molecule has 36 heavy (non-hydrogen) atoms. The first kappa shape index (κ1) is 27.0. The van der Waals surface area contributed by atoms with E-state index in [1.54, 1.807) is 36.4 Å². The second kappa shape index (κ2) is 12.4. The highest BCUT2D eigenvalue weighted by Gasteiger charge is 2.33. The minimum atomic E-state index is -0.500. The number of para-hydroxylation sites is 1. The molecule has 8 heteroatoms. The van der Waals surface area contributed by atoms with Gasteiger partial charge in [-0.15, -0.1) is 0 Å². The summed E-state index contributed by atoms with van der Waals surface area (Å²) in [5.41, 5.74) is 7.24. The topological polar surface area (TPSA) is 109 Å². The number of cyclic esters (lactones) is 1. The number of amidine groups is 1. The third-order valence-electron chi connectivity index (χ3n) is 6.13. The Hall–Kier alpha value is -3.55. The number of hydrogen-bond donors (Lipinski definition) is 2. The predicted octanol–water partition coefficient (Wildman–Crippen LogP) is 4.91. The van der Waals surface area contributed by atoms with E-state index in [2.05, 4.69) is 27.7 Å². The van der Waals surface area contributed by atoms with Crippen LogP contribution >= 0.6 is 0 Å². The second-order valence-electron chi connectivity index (χ2n) is 10.0. The van der Waals surface area contributed by atoms with Crippen molar-refractivity contribution in [1.82, 2.24) is 4.90 Å². The molecule has 0 radical (unpaired) electrons. The molecule has 1 saturated heterocycles. The monoisotopic (exact) mass is 494 g/mol. The molecule has 1 aliphatic rings. The Labute approximate surface area is 213 Å². The van der Waals surface area contributed by atoms with Crippen molar-refractivity contribution < 1.29 is 19.1 Å². The van der Waals surface area contributed by atoms with Crippen LogP contribution in [-0.2, 0) is 4.74 Å². The van der Waals surface area contributed by atoms with Gasteiger partial charge in [-0.3, -0.25) is 15.1 Å². The molecule has 2 aromatic carbocycles. The molecule has 1 heterocycles. The molecule has 1 unspecified atom stereocenters. The van der Waals surface area contributed by atoms with Gasteiger partial charge in [-0.1, -0.05) is 52.0 Å². The van der Waals surface area contributed by atoms with E-state index in [1.807, 2.05) is 17.0 Å². The number of carbonyl (C=O) groups is 2. The molecular weight excluding hydrogens is 456 g/mol.